The zero-order valence-corrected chi connectivity index (χ0v) is 16.5. The van der Waals surface area contributed by atoms with Crippen LogP contribution in [0.1, 0.15) is 32.1 Å². The molecule has 148 valence electrons. The molecule has 1 aliphatic heterocycles. The van der Waals surface area contributed by atoms with E-state index in [1.807, 2.05) is 16.7 Å². The van der Waals surface area contributed by atoms with E-state index in [2.05, 4.69) is 10.2 Å². The Morgan fingerprint density at radius 3 is 2.37 bits per heavy atom. The van der Waals surface area contributed by atoms with Crippen molar-refractivity contribution in [2.45, 2.75) is 37.4 Å². The van der Waals surface area contributed by atoms with Crippen LogP contribution in [0.15, 0.2) is 24.3 Å². The number of nitrogens with zero attached hydrogens (tertiary/aromatic N) is 2. The quantitative estimate of drug-likeness (QED) is 0.807. The van der Waals surface area contributed by atoms with Gasteiger partial charge >= 0.3 is 0 Å². The lowest BCUT2D eigenvalue weighted by atomic mass is 10.0. The number of carbonyl (C=O) groups is 2. The van der Waals surface area contributed by atoms with Crippen LogP contribution < -0.4 is 5.32 Å². The summed E-state index contributed by atoms with van der Waals surface area (Å²) in [5.41, 5.74) is 0.593. The Labute approximate surface area is 164 Å². The first-order valence-electron chi connectivity index (χ1n) is 9.77. The first-order valence-corrected chi connectivity index (χ1v) is 10.8. The van der Waals surface area contributed by atoms with E-state index in [4.69, 9.17) is 0 Å². The molecule has 1 saturated heterocycles. The molecule has 0 aromatic heterocycles. The monoisotopic (exact) mass is 393 g/mol. The summed E-state index contributed by atoms with van der Waals surface area (Å²) in [5, 5.41) is 3.43. The molecule has 0 atom stereocenters. The predicted octanol–water partition coefficient (Wildman–Crippen LogP) is 2.97. The maximum absolute atomic E-state index is 12.9. The number of carbonyl (C=O) groups excluding carboxylic acids is 2. The molecule has 27 heavy (non-hydrogen) atoms. The summed E-state index contributed by atoms with van der Waals surface area (Å²) in [6.07, 6.45) is 6.42. The summed E-state index contributed by atoms with van der Waals surface area (Å²) in [6, 6.07) is 5.75. The number of nitrogens with one attached hydrogen (secondary N) is 1. The number of hydrogen-bond donors (Lipinski definition) is 1. The minimum absolute atomic E-state index is 0.116. The molecule has 1 saturated carbocycles. The van der Waals surface area contributed by atoms with Crippen molar-refractivity contribution in [2.24, 2.45) is 0 Å². The number of halogens is 1. The molecule has 1 heterocycles. The van der Waals surface area contributed by atoms with Crippen molar-refractivity contribution in [1.82, 2.24) is 9.80 Å². The largest absolute Gasteiger partial charge is 0.339 e. The third-order valence-electron chi connectivity index (χ3n) is 5.21. The molecule has 1 aromatic carbocycles. The second-order valence-corrected chi connectivity index (χ2v) is 8.57. The standard InChI is InChI=1S/C20H28FN3O2S/c21-16-6-8-17(9-7-16)22-19(25)14-23-10-12-24(13-11-23)20(26)15-27-18-4-2-1-3-5-18/h6-9,18H,1-5,10-15H2,(H,22,25). The fourth-order valence-corrected chi connectivity index (χ4v) is 4.83. The van der Waals surface area contributed by atoms with E-state index in [1.54, 1.807) is 12.1 Å². The highest BCUT2D eigenvalue weighted by molar-refractivity contribution is 8.00. The molecule has 2 fully saturated rings. The molecule has 5 nitrogen and oxygen atoms in total. The number of rotatable bonds is 6. The highest BCUT2D eigenvalue weighted by Crippen LogP contribution is 2.28. The first-order chi connectivity index (χ1) is 13.1. The molecule has 1 aromatic rings. The molecule has 3 rings (SSSR count). The smallest absolute Gasteiger partial charge is 0.238 e. The Balaban J connectivity index is 1.34. The normalized spacial score (nSPS) is 19.1. The Bertz CT molecular complexity index is 627. The molecule has 0 unspecified atom stereocenters. The zero-order valence-electron chi connectivity index (χ0n) is 15.7. The maximum atomic E-state index is 12.9. The van der Waals surface area contributed by atoms with Crippen LogP contribution in [0.3, 0.4) is 0 Å². The van der Waals surface area contributed by atoms with E-state index < -0.39 is 0 Å². The van der Waals surface area contributed by atoms with Crippen molar-refractivity contribution < 1.29 is 14.0 Å². The van der Waals surface area contributed by atoms with Crippen LogP contribution in [0.4, 0.5) is 10.1 Å². The topological polar surface area (TPSA) is 52.7 Å². The van der Waals surface area contributed by atoms with Crippen LogP contribution in [0.5, 0.6) is 0 Å². The Morgan fingerprint density at radius 1 is 1.04 bits per heavy atom. The van der Waals surface area contributed by atoms with Crippen molar-refractivity contribution in [3.63, 3.8) is 0 Å². The number of anilines is 1. The lowest BCUT2D eigenvalue weighted by molar-refractivity contribution is -0.130. The molecule has 2 amide bonds. The minimum Gasteiger partial charge on any atom is -0.339 e. The fourth-order valence-electron chi connectivity index (χ4n) is 3.60. The summed E-state index contributed by atoms with van der Waals surface area (Å²) in [6.45, 7) is 3.05. The van der Waals surface area contributed by atoms with Gasteiger partial charge in [0.05, 0.1) is 12.3 Å². The second-order valence-electron chi connectivity index (χ2n) is 7.28. The third kappa shape index (κ3) is 6.50. The molecule has 0 spiro atoms. The lowest BCUT2D eigenvalue weighted by Gasteiger charge is -2.34. The number of thioether (sulfide) groups is 1. The second kappa shape index (κ2) is 10.1. The Kier molecular flexibility index (Phi) is 7.52. The van der Waals surface area contributed by atoms with Crippen LogP contribution >= 0.6 is 11.8 Å². The van der Waals surface area contributed by atoms with Gasteiger partial charge in [0.1, 0.15) is 5.82 Å². The Morgan fingerprint density at radius 2 is 1.70 bits per heavy atom. The van der Waals surface area contributed by atoms with Gasteiger partial charge in [0, 0.05) is 37.1 Å². The highest BCUT2D eigenvalue weighted by atomic mass is 32.2. The summed E-state index contributed by atoms with van der Waals surface area (Å²) >= 11 is 1.82. The van der Waals surface area contributed by atoms with E-state index in [0.717, 1.165) is 0 Å². The van der Waals surface area contributed by atoms with Crippen molar-refractivity contribution in [3.05, 3.63) is 30.1 Å². The Hall–Kier alpha value is -1.60. The van der Waals surface area contributed by atoms with Gasteiger partial charge in [-0.1, -0.05) is 19.3 Å². The van der Waals surface area contributed by atoms with E-state index in [1.165, 1.54) is 44.2 Å². The van der Waals surface area contributed by atoms with E-state index in [-0.39, 0.29) is 24.2 Å². The van der Waals surface area contributed by atoms with Gasteiger partial charge in [-0.2, -0.15) is 0 Å². The molecule has 2 aliphatic rings. The van der Waals surface area contributed by atoms with Crippen LogP contribution in [-0.2, 0) is 9.59 Å². The molecule has 0 bridgehead atoms. The van der Waals surface area contributed by atoms with E-state index in [0.29, 0.717) is 42.9 Å². The van der Waals surface area contributed by atoms with Gasteiger partial charge in [0.15, 0.2) is 0 Å². The maximum Gasteiger partial charge on any atom is 0.238 e. The van der Waals surface area contributed by atoms with Gasteiger partial charge in [-0.15, -0.1) is 11.8 Å². The predicted molar refractivity (Wildman–Crippen MR) is 107 cm³/mol. The van der Waals surface area contributed by atoms with Crippen LogP contribution in [0, 0.1) is 5.82 Å². The van der Waals surface area contributed by atoms with E-state index in [9.17, 15) is 14.0 Å². The molecule has 1 aliphatic carbocycles. The summed E-state index contributed by atoms with van der Waals surface area (Å²) in [4.78, 5) is 28.5. The average Bonchev–Trinajstić information content (AvgIpc) is 2.69. The van der Waals surface area contributed by atoms with Crippen LogP contribution in [0.25, 0.3) is 0 Å². The third-order valence-corrected chi connectivity index (χ3v) is 6.57. The molecule has 0 radical (unpaired) electrons. The average molecular weight is 394 g/mol. The van der Waals surface area contributed by atoms with Gasteiger partial charge in [0.2, 0.25) is 11.8 Å². The molecular formula is C20H28FN3O2S. The summed E-state index contributed by atoms with van der Waals surface area (Å²) in [5.74, 6) is 0.362. The SMILES string of the molecule is O=C(CN1CCN(C(=O)CSC2CCCCC2)CC1)Nc1ccc(F)cc1. The van der Waals surface area contributed by atoms with Crippen molar-refractivity contribution in [3.8, 4) is 0 Å². The number of benzene rings is 1. The van der Waals surface area contributed by atoms with Gasteiger partial charge in [-0.25, -0.2) is 4.39 Å². The lowest BCUT2D eigenvalue weighted by Crippen LogP contribution is -2.51. The van der Waals surface area contributed by atoms with Gasteiger partial charge in [-0.3, -0.25) is 14.5 Å². The van der Waals surface area contributed by atoms with Gasteiger partial charge in [0.25, 0.3) is 0 Å². The van der Waals surface area contributed by atoms with Gasteiger partial charge in [-0.05, 0) is 37.1 Å². The van der Waals surface area contributed by atoms with Crippen LogP contribution in [-0.4, -0.2) is 65.3 Å². The molecule has 1 N–H and O–H groups in total. The van der Waals surface area contributed by atoms with Crippen molar-refractivity contribution >= 4 is 29.3 Å². The van der Waals surface area contributed by atoms with Crippen molar-refractivity contribution in [2.75, 3.05) is 43.8 Å². The van der Waals surface area contributed by atoms with Gasteiger partial charge < -0.3 is 10.2 Å². The number of piperazine rings is 1. The summed E-state index contributed by atoms with van der Waals surface area (Å²) in [7, 11) is 0. The number of hydrogen-bond acceptors (Lipinski definition) is 4. The zero-order chi connectivity index (χ0) is 19.1. The number of amides is 2. The van der Waals surface area contributed by atoms with Crippen LogP contribution in [0.2, 0.25) is 0 Å². The molecular weight excluding hydrogens is 365 g/mol. The highest BCUT2D eigenvalue weighted by Gasteiger charge is 2.23. The van der Waals surface area contributed by atoms with Crippen molar-refractivity contribution in [1.29, 1.82) is 0 Å². The molecule has 7 heteroatoms. The van der Waals surface area contributed by atoms with E-state index >= 15 is 0 Å². The fraction of sp³-hybridized carbons (Fsp3) is 0.600. The first kappa shape index (κ1) is 20.1. The summed E-state index contributed by atoms with van der Waals surface area (Å²) < 4.78 is 12.9. The minimum atomic E-state index is -0.324.